The average Bonchev–Trinajstić information content (AvgIpc) is 2.99. The van der Waals surface area contributed by atoms with Gasteiger partial charge < -0.3 is 5.73 Å². The van der Waals surface area contributed by atoms with Crippen LogP contribution in [0.25, 0.3) is 0 Å². The molecule has 1 atom stereocenters. The highest BCUT2D eigenvalue weighted by molar-refractivity contribution is 7.99. The van der Waals surface area contributed by atoms with Crippen LogP contribution in [-0.2, 0) is 0 Å². The third kappa shape index (κ3) is 2.74. The molecule has 1 aromatic rings. The summed E-state index contributed by atoms with van der Waals surface area (Å²) >= 11 is 1.61. The number of rotatable bonds is 4. The van der Waals surface area contributed by atoms with Crippen LogP contribution < -0.4 is 11.4 Å². The Balaban J connectivity index is 2.20. The Bertz CT molecular complexity index is 441. The van der Waals surface area contributed by atoms with Crippen LogP contribution >= 0.6 is 11.8 Å². The predicted molar refractivity (Wildman–Crippen MR) is 69.3 cm³/mol. The van der Waals surface area contributed by atoms with Crippen LogP contribution in [0.5, 0.6) is 0 Å². The van der Waals surface area contributed by atoms with Gasteiger partial charge in [-0.25, -0.2) is 9.89 Å². The molecule has 0 spiro atoms. The molecule has 1 fully saturated rings. The number of H-pyrrole nitrogens is 1. The fourth-order valence-corrected chi connectivity index (χ4v) is 2.88. The minimum Gasteiger partial charge on any atom is -0.329 e. The second kappa shape index (κ2) is 4.49. The number of thioether (sulfide) groups is 1. The molecule has 1 unspecified atom stereocenters. The maximum Gasteiger partial charge on any atom is 0.344 e. The lowest BCUT2D eigenvalue weighted by Gasteiger charge is -2.28. The molecule has 0 bridgehead atoms. The van der Waals surface area contributed by atoms with Crippen LogP contribution in [0.3, 0.4) is 0 Å². The first-order valence-corrected chi connectivity index (χ1v) is 6.85. The normalized spacial score (nSPS) is 18.4. The number of hydrogen-bond acceptors (Lipinski definition) is 4. The van der Waals surface area contributed by atoms with Crippen LogP contribution in [0, 0.1) is 5.41 Å². The van der Waals surface area contributed by atoms with Crippen molar-refractivity contribution in [2.24, 2.45) is 11.1 Å². The Morgan fingerprint density at radius 1 is 1.59 bits per heavy atom. The van der Waals surface area contributed by atoms with Crippen molar-refractivity contribution in [1.29, 1.82) is 0 Å². The molecule has 1 aromatic heterocycles. The van der Waals surface area contributed by atoms with Crippen molar-refractivity contribution in [2.75, 3.05) is 6.54 Å². The first-order valence-electron chi connectivity index (χ1n) is 5.97. The number of nitrogens with two attached hydrogens (primary N) is 1. The summed E-state index contributed by atoms with van der Waals surface area (Å²) in [5.41, 5.74) is 5.81. The summed E-state index contributed by atoms with van der Waals surface area (Å²) < 4.78 is 1.78. The third-order valence-electron chi connectivity index (χ3n) is 3.01. The molecule has 0 amide bonds. The standard InChI is InChI=1S/C11H20N4OS/c1-11(2,3)8(6-12)17-10-14-13-9(16)15(10)7-4-5-7/h7-8H,4-6,12H2,1-3H3,(H,13,16). The molecule has 1 aliphatic carbocycles. The van der Waals surface area contributed by atoms with E-state index in [0.717, 1.165) is 18.0 Å². The minimum atomic E-state index is -0.0975. The molecule has 1 heterocycles. The largest absolute Gasteiger partial charge is 0.344 e. The molecule has 2 rings (SSSR count). The molecule has 96 valence electrons. The molecule has 1 saturated carbocycles. The monoisotopic (exact) mass is 256 g/mol. The van der Waals surface area contributed by atoms with Crippen molar-refractivity contribution >= 4 is 11.8 Å². The summed E-state index contributed by atoms with van der Waals surface area (Å²) in [6.45, 7) is 7.05. The molecular weight excluding hydrogens is 236 g/mol. The summed E-state index contributed by atoms with van der Waals surface area (Å²) in [7, 11) is 0. The Hall–Kier alpha value is -0.750. The molecule has 3 N–H and O–H groups in total. The number of aromatic nitrogens is 3. The van der Waals surface area contributed by atoms with Crippen LogP contribution in [0.1, 0.15) is 39.7 Å². The van der Waals surface area contributed by atoms with Gasteiger partial charge in [0.2, 0.25) is 0 Å². The van der Waals surface area contributed by atoms with E-state index in [0.29, 0.717) is 12.6 Å². The highest BCUT2D eigenvalue weighted by Gasteiger charge is 2.32. The van der Waals surface area contributed by atoms with E-state index in [1.807, 2.05) is 0 Å². The van der Waals surface area contributed by atoms with Gasteiger partial charge in [0.25, 0.3) is 0 Å². The third-order valence-corrected chi connectivity index (χ3v) is 4.69. The first-order chi connectivity index (χ1) is 7.93. The molecule has 6 heteroatoms. The van der Waals surface area contributed by atoms with Gasteiger partial charge in [0, 0.05) is 17.8 Å². The summed E-state index contributed by atoms with van der Waals surface area (Å²) in [5.74, 6) is 0. The van der Waals surface area contributed by atoms with Crippen LogP contribution in [0.4, 0.5) is 0 Å². The molecule has 0 saturated heterocycles. The van der Waals surface area contributed by atoms with Gasteiger partial charge in [-0.2, -0.15) is 0 Å². The maximum absolute atomic E-state index is 11.6. The molecular formula is C11H20N4OS. The number of aromatic amines is 1. The van der Waals surface area contributed by atoms with E-state index < -0.39 is 0 Å². The lowest BCUT2D eigenvalue weighted by atomic mass is 9.92. The molecule has 0 aliphatic heterocycles. The molecule has 0 radical (unpaired) electrons. The Kier molecular flexibility index (Phi) is 3.36. The van der Waals surface area contributed by atoms with Crippen molar-refractivity contribution in [1.82, 2.24) is 14.8 Å². The van der Waals surface area contributed by atoms with Gasteiger partial charge in [0.1, 0.15) is 0 Å². The van der Waals surface area contributed by atoms with E-state index >= 15 is 0 Å². The summed E-state index contributed by atoms with van der Waals surface area (Å²) in [6, 6.07) is 0.349. The Morgan fingerprint density at radius 2 is 2.24 bits per heavy atom. The highest BCUT2D eigenvalue weighted by Crippen LogP contribution is 2.39. The average molecular weight is 256 g/mol. The van der Waals surface area contributed by atoms with Gasteiger partial charge in [-0.15, -0.1) is 5.10 Å². The van der Waals surface area contributed by atoms with Gasteiger partial charge in [-0.3, -0.25) is 4.57 Å². The predicted octanol–water partition coefficient (Wildman–Crippen LogP) is 1.37. The van der Waals surface area contributed by atoms with E-state index in [4.69, 9.17) is 5.73 Å². The summed E-state index contributed by atoms with van der Waals surface area (Å²) in [5, 5.41) is 7.69. The number of hydrogen-bond donors (Lipinski definition) is 2. The minimum absolute atomic E-state index is 0.0975. The van der Waals surface area contributed by atoms with Gasteiger partial charge in [0.15, 0.2) is 5.16 Å². The fourth-order valence-electron chi connectivity index (χ4n) is 1.73. The van der Waals surface area contributed by atoms with Crippen molar-refractivity contribution < 1.29 is 0 Å². The lowest BCUT2D eigenvalue weighted by Crippen LogP contribution is -2.31. The zero-order chi connectivity index (χ0) is 12.6. The number of nitrogens with one attached hydrogen (secondary N) is 1. The van der Waals surface area contributed by atoms with Crippen molar-refractivity contribution in [3.8, 4) is 0 Å². The first kappa shape index (κ1) is 12.7. The highest BCUT2D eigenvalue weighted by atomic mass is 32.2. The van der Waals surface area contributed by atoms with Gasteiger partial charge in [0.05, 0.1) is 0 Å². The van der Waals surface area contributed by atoms with Crippen molar-refractivity contribution in [2.45, 2.75) is 50.1 Å². The molecule has 17 heavy (non-hydrogen) atoms. The zero-order valence-electron chi connectivity index (χ0n) is 10.6. The maximum atomic E-state index is 11.6. The van der Waals surface area contributed by atoms with Gasteiger partial charge in [-0.05, 0) is 18.3 Å². The van der Waals surface area contributed by atoms with Crippen LogP contribution in [0.2, 0.25) is 0 Å². The fraction of sp³-hybridized carbons (Fsp3) is 0.818. The topological polar surface area (TPSA) is 76.7 Å². The van der Waals surface area contributed by atoms with E-state index in [9.17, 15) is 4.79 Å². The Morgan fingerprint density at radius 3 is 2.71 bits per heavy atom. The number of nitrogens with zero attached hydrogens (tertiary/aromatic N) is 2. The van der Waals surface area contributed by atoms with E-state index in [1.54, 1.807) is 16.3 Å². The van der Waals surface area contributed by atoms with E-state index in [1.165, 1.54) is 0 Å². The molecule has 0 aromatic carbocycles. The second-order valence-electron chi connectivity index (χ2n) is 5.62. The summed E-state index contributed by atoms with van der Waals surface area (Å²) in [4.78, 5) is 11.6. The molecule has 1 aliphatic rings. The van der Waals surface area contributed by atoms with Gasteiger partial charge in [-0.1, -0.05) is 32.5 Å². The van der Waals surface area contributed by atoms with Crippen molar-refractivity contribution in [3.05, 3.63) is 10.5 Å². The summed E-state index contributed by atoms with van der Waals surface area (Å²) in [6.07, 6.45) is 2.16. The van der Waals surface area contributed by atoms with Crippen molar-refractivity contribution in [3.63, 3.8) is 0 Å². The van der Waals surface area contributed by atoms with Gasteiger partial charge >= 0.3 is 5.69 Å². The lowest BCUT2D eigenvalue weighted by molar-refractivity contribution is 0.397. The quantitative estimate of drug-likeness (QED) is 0.798. The van der Waals surface area contributed by atoms with E-state index in [-0.39, 0.29) is 16.4 Å². The van der Waals surface area contributed by atoms with Crippen LogP contribution in [-0.4, -0.2) is 26.6 Å². The zero-order valence-corrected chi connectivity index (χ0v) is 11.4. The SMILES string of the molecule is CC(C)(C)C(CN)Sc1n[nH]c(=O)n1C1CC1. The second-order valence-corrected chi connectivity index (χ2v) is 6.79. The van der Waals surface area contributed by atoms with Crippen LogP contribution in [0.15, 0.2) is 9.95 Å². The smallest absolute Gasteiger partial charge is 0.329 e. The molecule has 5 nitrogen and oxygen atoms in total. The van der Waals surface area contributed by atoms with E-state index in [2.05, 4.69) is 31.0 Å². The Labute approximate surface area is 105 Å².